The minimum atomic E-state index is -0.702. The molecule has 0 saturated heterocycles. The van der Waals surface area contributed by atoms with E-state index in [1.807, 2.05) is 84.9 Å². The molecule has 4 rings (SSSR count). The second-order valence-electron chi connectivity index (χ2n) is 8.32. The molecule has 0 radical (unpaired) electrons. The summed E-state index contributed by atoms with van der Waals surface area (Å²) < 4.78 is 30.2. The van der Waals surface area contributed by atoms with Crippen LogP contribution in [0.2, 0.25) is 0 Å². The first kappa shape index (κ1) is 29.6. The highest BCUT2D eigenvalue weighted by atomic mass is 16.7. The average molecular weight is 545 g/mol. The third-order valence-corrected chi connectivity index (χ3v) is 5.43. The molecule has 0 aliphatic carbocycles. The maximum Gasteiger partial charge on any atom is 0.508 e. The van der Waals surface area contributed by atoms with Crippen molar-refractivity contribution in [1.82, 2.24) is 0 Å². The molecule has 0 unspecified atom stereocenters. The van der Waals surface area contributed by atoms with E-state index in [1.54, 1.807) is 38.5 Å². The largest absolute Gasteiger partial charge is 0.508 e. The Morgan fingerprint density at radius 2 is 0.700 bits per heavy atom. The summed E-state index contributed by atoms with van der Waals surface area (Å²) in [7, 11) is 3.20. The molecule has 208 valence electrons. The van der Waals surface area contributed by atoms with Gasteiger partial charge in [-0.1, -0.05) is 84.9 Å². The van der Waals surface area contributed by atoms with Gasteiger partial charge in [-0.05, 0) is 46.5 Å². The Labute approximate surface area is 234 Å². The van der Waals surface area contributed by atoms with Crippen LogP contribution < -0.4 is 9.47 Å². The number of carbonyl (C=O) groups is 2. The minimum Gasteiger partial charge on any atom is -0.497 e. The van der Waals surface area contributed by atoms with Crippen LogP contribution in [0.4, 0.5) is 9.59 Å². The number of rotatable bonds is 10. The van der Waals surface area contributed by atoms with Crippen LogP contribution >= 0.6 is 0 Å². The number of methoxy groups -OCH3 is 2. The van der Waals surface area contributed by atoms with Gasteiger partial charge in [0, 0.05) is 0 Å². The highest BCUT2D eigenvalue weighted by Gasteiger charge is 2.06. The third-order valence-electron chi connectivity index (χ3n) is 5.43. The highest BCUT2D eigenvalue weighted by molar-refractivity contribution is 5.60. The lowest BCUT2D eigenvalue weighted by Crippen LogP contribution is -2.07. The molecule has 0 bridgehead atoms. The zero-order chi connectivity index (χ0) is 28.4. The van der Waals surface area contributed by atoms with Crippen molar-refractivity contribution in [3.05, 3.63) is 131 Å². The SMILES string of the molecule is COc1ccc(COC(=O)OCc2ccc(OC)cc2)cc1.O=C(OCc1ccccc1)OCc1ccccc1. The van der Waals surface area contributed by atoms with Crippen LogP contribution in [0.15, 0.2) is 109 Å². The maximum absolute atomic E-state index is 11.5. The van der Waals surface area contributed by atoms with Crippen molar-refractivity contribution in [2.75, 3.05) is 14.2 Å². The Kier molecular flexibility index (Phi) is 12.4. The van der Waals surface area contributed by atoms with Crippen molar-refractivity contribution in [1.29, 1.82) is 0 Å². The lowest BCUT2D eigenvalue weighted by atomic mass is 10.2. The minimum absolute atomic E-state index is 0.158. The summed E-state index contributed by atoms with van der Waals surface area (Å²) in [6.45, 7) is 0.778. The van der Waals surface area contributed by atoms with Gasteiger partial charge in [-0.25, -0.2) is 9.59 Å². The number of hydrogen-bond acceptors (Lipinski definition) is 8. The Morgan fingerprint density at radius 1 is 0.425 bits per heavy atom. The lowest BCUT2D eigenvalue weighted by molar-refractivity contribution is 0.0438. The molecule has 0 aliphatic heterocycles. The Bertz CT molecular complexity index is 1180. The van der Waals surface area contributed by atoms with E-state index in [0.717, 1.165) is 33.8 Å². The van der Waals surface area contributed by atoms with E-state index in [2.05, 4.69) is 0 Å². The van der Waals surface area contributed by atoms with Gasteiger partial charge in [-0.3, -0.25) is 0 Å². The number of benzene rings is 4. The summed E-state index contributed by atoms with van der Waals surface area (Å²) in [6.07, 6.45) is -1.35. The van der Waals surface area contributed by atoms with Crippen LogP contribution in [0.25, 0.3) is 0 Å². The van der Waals surface area contributed by atoms with Crippen molar-refractivity contribution in [3.8, 4) is 11.5 Å². The molecular weight excluding hydrogens is 512 g/mol. The number of ether oxygens (including phenoxy) is 6. The predicted octanol–water partition coefficient (Wildman–Crippen LogP) is 7.10. The van der Waals surface area contributed by atoms with Gasteiger partial charge in [0.15, 0.2) is 0 Å². The zero-order valence-corrected chi connectivity index (χ0v) is 22.5. The number of carbonyl (C=O) groups excluding carboxylic acids is 2. The molecule has 0 atom stereocenters. The smallest absolute Gasteiger partial charge is 0.497 e. The summed E-state index contributed by atoms with van der Waals surface area (Å²) in [4.78, 5) is 22.9. The van der Waals surface area contributed by atoms with Crippen molar-refractivity contribution in [2.24, 2.45) is 0 Å². The standard InChI is InChI=1S/C17H18O5.C15H14O3/c1-19-15-7-3-13(4-8-15)11-21-17(18)22-12-14-5-9-16(20-2)10-6-14;16-15(17-11-13-7-3-1-4-8-13)18-12-14-9-5-2-6-10-14/h3-10H,11-12H2,1-2H3;1-10H,11-12H2. The van der Waals surface area contributed by atoms with E-state index >= 15 is 0 Å². The highest BCUT2D eigenvalue weighted by Crippen LogP contribution is 2.14. The first-order valence-electron chi connectivity index (χ1n) is 12.5. The molecule has 8 nitrogen and oxygen atoms in total. The van der Waals surface area contributed by atoms with Crippen LogP contribution in [0, 0.1) is 0 Å². The predicted molar refractivity (Wildman–Crippen MR) is 149 cm³/mol. The second-order valence-corrected chi connectivity index (χ2v) is 8.32. The van der Waals surface area contributed by atoms with Crippen molar-refractivity contribution in [3.63, 3.8) is 0 Å². The molecule has 8 heteroatoms. The van der Waals surface area contributed by atoms with Crippen LogP contribution in [0.5, 0.6) is 11.5 Å². The lowest BCUT2D eigenvalue weighted by Gasteiger charge is -2.07. The van der Waals surface area contributed by atoms with Gasteiger partial charge in [0.1, 0.15) is 37.9 Å². The monoisotopic (exact) mass is 544 g/mol. The Morgan fingerprint density at radius 3 is 0.975 bits per heavy atom. The molecule has 0 spiro atoms. The molecule has 0 saturated carbocycles. The fourth-order valence-corrected chi connectivity index (χ4v) is 3.24. The molecule has 4 aromatic carbocycles. The molecule has 0 aromatic heterocycles. The maximum atomic E-state index is 11.5. The van der Waals surface area contributed by atoms with E-state index in [-0.39, 0.29) is 26.4 Å². The van der Waals surface area contributed by atoms with Crippen LogP contribution in [-0.4, -0.2) is 26.5 Å². The molecular formula is C32H32O8. The van der Waals surface area contributed by atoms with Gasteiger partial charge < -0.3 is 28.4 Å². The van der Waals surface area contributed by atoms with Gasteiger partial charge in [0.05, 0.1) is 14.2 Å². The molecule has 0 N–H and O–H groups in total. The number of hydrogen-bond donors (Lipinski definition) is 0. The summed E-state index contributed by atoms with van der Waals surface area (Å²) in [5.74, 6) is 1.51. The average Bonchev–Trinajstić information content (AvgIpc) is 3.02. The molecule has 0 aliphatic rings. The topological polar surface area (TPSA) is 89.5 Å². The summed E-state index contributed by atoms with van der Waals surface area (Å²) in [5.41, 5.74) is 3.60. The zero-order valence-electron chi connectivity index (χ0n) is 22.5. The van der Waals surface area contributed by atoms with Gasteiger partial charge in [-0.15, -0.1) is 0 Å². The van der Waals surface area contributed by atoms with Crippen LogP contribution in [0.1, 0.15) is 22.3 Å². The van der Waals surface area contributed by atoms with Gasteiger partial charge in [0.25, 0.3) is 0 Å². The van der Waals surface area contributed by atoms with E-state index in [9.17, 15) is 9.59 Å². The van der Waals surface area contributed by atoms with E-state index in [0.29, 0.717) is 0 Å². The van der Waals surface area contributed by atoms with Crippen LogP contribution in [-0.2, 0) is 45.4 Å². The Hall–Kier alpha value is -4.98. The van der Waals surface area contributed by atoms with E-state index in [1.165, 1.54) is 0 Å². The second kappa shape index (κ2) is 16.8. The van der Waals surface area contributed by atoms with Crippen LogP contribution in [0.3, 0.4) is 0 Å². The van der Waals surface area contributed by atoms with E-state index in [4.69, 9.17) is 28.4 Å². The molecule has 4 aromatic rings. The van der Waals surface area contributed by atoms with E-state index < -0.39 is 12.3 Å². The van der Waals surface area contributed by atoms with Gasteiger partial charge in [0.2, 0.25) is 0 Å². The summed E-state index contributed by atoms with van der Waals surface area (Å²) >= 11 is 0. The summed E-state index contributed by atoms with van der Waals surface area (Å²) in [5, 5.41) is 0. The fraction of sp³-hybridized carbons (Fsp3) is 0.188. The van der Waals surface area contributed by atoms with Crippen molar-refractivity contribution in [2.45, 2.75) is 26.4 Å². The fourth-order valence-electron chi connectivity index (χ4n) is 3.24. The van der Waals surface area contributed by atoms with Gasteiger partial charge >= 0.3 is 12.3 Å². The van der Waals surface area contributed by atoms with Crippen molar-refractivity contribution >= 4 is 12.3 Å². The molecule has 0 heterocycles. The quantitative estimate of drug-likeness (QED) is 0.195. The van der Waals surface area contributed by atoms with Gasteiger partial charge in [-0.2, -0.15) is 0 Å². The third kappa shape index (κ3) is 11.2. The summed E-state index contributed by atoms with van der Waals surface area (Å²) in [6, 6.07) is 33.5. The molecule has 0 amide bonds. The van der Waals surface area contributed by atoms with Crippen molar-refractivity contribution < 1.29 is 38.0 Å². The first-order valence-corrected chi connectivity index (χ1v) is 12.5. The molecule has 40 heavy (non-hydrogen) atoms. The Balaban J connectivity index is 0.000000225. The normalized spacial score (nSPS) is 9.85. The molecule has 0 fully saturated rings. The first-order chi connectivity index (χ1) is 19.6.